The fourth-order valence-electron chi connectivity index (χ4n) is 1.88. The van der Waals surface area contributed by atoms with E-state index in [1.54, 1.807) is 12.1 Å². The molecule has 2 aromatic carbocycles. The summed E-state index contributed by atoms with van der Waals surface area (Å²) < 4.78 is 24.6. The molecule has 2 nitrogen and oxygen atoms in total. The van der Waals surface area contributed by atoms with Gasteiger partial charge in [0.25, 0.3) is 0 Å². The van der Waals surface area contributed by atoms with E-state index in [0.29, 0.717) is 30.0 Å². The number of hydrogen-bond acceptors (Lipinski definition) is 2. The van der Waals surface area contributed by atoms with Crippen molar-refractivity contribution in [1.82, 2.24) is 0 Å². The third-order valence-corrected chi connectivity index (χ3v) is 3.77. The summed E-state index contributed by atoms with van der Waals surface area (Å²) in [7, 11) is 0. The number of rotatable bonds is 6. The van der Waals surface area contributed by atoms with Crippen LogP contribution in [0.4, 0.5) is 4.39 Å². The molecule has 2 rings (SSSR count). The number of halogens is 3. The lowest BCUT2D eigenvalue weighted by Gasteiger charge is -2.15. The molecule has 0 radical (unpaired) electrons. The maximum atomic E-state index is 13.1. The van der Waals surface area contributed by atoms with Crippen LogP contribution in [0.3, 0.4) is 0 Å². The Kier molecular flexibility index (Phi) is 5.88. The molecule has 0 atom stereocenters. The molecule has 0 aliphatic carbocycles. The van der Waals surface area contributed by atoms with Crippen LogP contribution in [0.5, 0.6) is 11.5 Å². The molecule has 0 aromatic heterocycles. The second-order valence-corrected chi connectivity index (χ2v) is 5.32. The first-order chi connectivity index (χ1) is 10.2. The van der Waals surface area contributed by atoms with E-state index in [-0.39, 0.29) is 5.02 Å². The van der Waals surface area contributed by atoms with Crippen LogP contribution >= 0.6 is 27.5 Å². The number of para-hydroxylation sites is 1. The van der Waals surface area contributed by atoms with Crippen LogP contribution in [0, 0.1) is 5.82 Å². The normalized spacial score (nSPS) is 10.5. The minimum Gasteiger partial charge on any atom is -0.490 e. The van der Waals surface area contributed by atoms with Crippen LogP contribution in [0.15, 0.2) is 36.4 Å². The van der Waals surface area contributed by atoms with Gasteiger partial charge in [0.15, 0.2) is 11.5 Å². The van der Waals surface area contributed by atoms with Crippen molar-refractivity contribution in [2.24, 2.45) is 0 Å². The predicted molar refractivity (Wildman–Crippen MR) is 86.0 cm³/mol. The summed E-state index contributed by atoms with van der Waals surface area (Å²) in [4.78, 5) is 0. The monoisotopic (exact) mass is 372 g/mol. The Labute approximate surface area is 137 Å². The van der Waals surface area contributed by atoms with E-state index < -0.39 is 5.82 Å². The van der Waals surface area contributed by atoms with Crippen molar-refractivity contribution in [2.75, 3.05) is 6.61 Å². The van der Waals surface area contributed by atoms with Crippen molar-refractivity contribution in [3.63, 3.8) is 0 Å². The average molecular weight is 374 g/mol. The highest BCUT2D eigenvalue weighted by atomic mass is 79.9. The summed E-state index contributed by atoms with van der Waals surface area (Å²) in [6.45, 7) is 2.78. The second kappa shape index (κ2) is 7.66. The van der Waals surface area contributed by atoms with Gasteiger partial charge in [-0.05, 0) is 30.7 Å². The molecule has 0 N–H and O–H groups in total. The summed E-state index contributed by atoms with van der Waals surface area (Å²) in [5.74, 6) is 0.954. The molecule has 2 aromatic rings. The van der Waals surface area contributed by atoms with Crippen molar-refractivity contribution in [2.45, 2.75) is 18.9 Å². The Balaban J connectivity index is 2.20. The fourth-order valence-corrected chi connectivity index (χ4v) is 2.53. The standard InChI is InChI=1S/C16H15BrClFO2/c1-2-20-15-5-3-4-12(9-17)16(15)21-10-11-6-7-14(19)13(18)8-11/h3-8H,2,9-10H2,1H3. The first-order valence-electron chi connectivity index (χ1n) is 6.53. The van der Waals surface area contributed by atoms with Gasteiger partial charge in [0.05, 0.1) is 11.6 Å². The van der Waals surface area contributed by atoms with Crippen molar-refractivity contribution in [3.8, 4) is 11.5 Å². The van der Waals surface area contributed by atoms with Gasteiger partial charge >= 0.3 is 0 Å². The van der Waals surface area contributed by atoms with Crippen molar-refractivity contribution < 1.29 is 13.9 Å². The van der Waals surface area contributed by atoms with Gasteiger partial charge in [-0.3, -0.25) is 0 Å². The highest BCUT2D eigenvalue weighted by Crippen LogP contribution is 2.33. The summed E-state index contributed by atoms with van der Waals surface area (Å²) in [6.07, 6.45) is 0. The third kappa shape index (κ3) is 4.11. The lowest BCUT2D eigenvalue weighted by atomic mass is 10.2. The SMILES string of the molecule is CCOc1cccc(CBr)c1OCc1ccc(F)c(Cl)c1. The van der Waals surface area contributed by atoms with Gasteiger partial charge in [0, 0.05) is 10.9 Å². The Hall–Kier alpha value is -1.26. The predicted octanol–water partition coefficient (Wildman–Crippen LogP) is 5.35. The van der Waals surface area contributed by atoms with Gasteiger partial charge in [0.1, 0.15) is 12.4 Å². The number of benzene rings is 2. The van der Waals surface area contributed by atoms with E-state index >= 15 is 0 Å². The van der Waals surface area contributed by atoms with Gasteiger partial charge in [0.2, 0.25) is 0 Å². The average Bonchev–Trinajstić information content (AvgIpc) is 2.49. The lowest BCUT2D eigenvalue weighted by Crippen LogP contribution is -2.02. The van der Waals surface area contributed by atoms with Gasteiger partial charge < -0.3 is 9.47 Å². The van der Waals surface area contributed by atoms with E-state index in [2.05, 4.69) is 15.9 Å². The highest BCUT2D eigenvalue weighted by Gasteiger charge is 2.11. The Morgan fingerprint density at radius 2 is 2.00 bits per heavy atom. The summed E-state index contributed by atoms with van der Waals surface area (Å²) in [5, 5.41) is 0.753. The fraction of sp³-hybridized carbons (Fsp3) is 0.250. The van der Waals surface area contributed by atoms with Crippen LogP contribution in [-0.2, 0) is 11.9 Å². The molecule has 0 heterocycles. The summed E-state index contributed by atoms with van der Waals surface area (Å²) in [5.41, 5.74) is 1.79. The minimum absolute atomic E-state index is 0.0925. The first-order valence-corrected chi connectivity index (χ1v) is 8.03. The maximum Gasteiger partial charge on any atom is 0.165 e. The Morgan fingerprint density at radius 1 is 1.19 bits per heavy atom. The van der Waals surface area contributed by atoms with E-state index in [1.807, 2.05) is 25.1 Å². The topological polar surface area (TPSA) is 18.5 Å². The second-order valence-electron chi connectivity index (χ2n) is 4.35. The van der Waals surface area contributed by atoms with E-state index in [9.17, 15) is 4.39 Å². The van der Waals surface area contributed by atoms with Crippen LogP contribution in [-0.4, -0.2) is 6.61 Å². The molecule has 5 heteroatoms. The van der Waals surface area contributed by atoms with Crippen LogP contribution in [0.1, 0.15) is 18.1 Å². The molecule has 0 bridgehead atoms. The van der Waals surface area contributed by atoms with E-state index in [4.69, 9.17) is 21.1 Å². The zero-order valence-corrected chi connectivity index (χ0v) is 13.9. The van der Waals surface area contributed by atoms with Gasteiger partial charge in [-0.25, -0.2) is 4.39 Å². The molecule has 21 heavy (non-hydrogen) atoms. The third-order valence-electron chi connectivity index (χ3n) is 2.87. The molecular weight excluding hydrogens is 359 g/mol. The highest BCUT2D eigenvalue weighted by molar-refractivity contribution is 9.08. The molecule has 0 amide bonds. The molecule has 112 valence electrons. The zero-order valence-electron chi connectivity index (χ0n) is 11.5. The van der Waals surface area contributed by atoms with Gasteiger partial charge in [-0.1, -0.05) is 45.7 Å². The quantitative estimate of drug-likeness (QED) is 0.635. The molecule has 0 aliphatic rings. The Bertz CT molecular complexity index is 619. The largest absolute Gasteiger partial charge is 0.490 e. The molecular formula is C16H15BrClFO2. The molecule has 0 saturated carbocycles. The lowest BCUT2D eigenvalue weighted by molar-refractivity contribution is 0.267. The van der Waals surface area contributed by atoms with E-state index in [0.717, 1.165) is 11.1 Å². The molecule has 0 unspecified atom stereocenters. The summed E-state index contributed by atoms with van der Waals surface area (Å²) >= 11 is 9.21. The van der Waals surface area contributed by atoms with Crippen molar-refractivity contribution >= 4 is 27.5 Å². The first kappa shape index (κ1) is 16.1. The number of hydrogen-bond donors (Lipinski definition) is 0. The van der Waals surface area contributed by atoms with E-state index in [1.165, 1.54) is 6.07 Å². The molecule has 0 spiro atoms. The van der Waals surface area contributed by atoms with Crippen LogP contribution in [0.25, 0.3) is 0 Å². The van der Waals surface area contributed by atoms with Crippen molar-refractivity contribution in [3.05, 3.63) is 58.4 Å². The zero-order chi connectivity index (χ0) is 15.2. The number of alkyl halides is 1. The molecule has 0 fully saturated rings. The smallest absolute Gasteiger partial charge is 0.165 e. The van der Waals surface area contributed by atoms with Gasteiger partial charge in [-0.2, -0.15) is 0 Å². The number of ether oxygens (including phenoxy) is 2. The maximum absolute atomic E-state index is 13.1. The van der Waals surface area contributed by atoms with Gasteiger partial charge in [-0.15, -0.1) is 0 Å². The van der Waals surface area contributed by atoms with Crippen LogP contribution < -0.4 is 9.47 Å². The minimum atomic E-state index is -0.434. The van der Waals surface area contributed by atoms with Crippen LogP contribution in [0.2, 0.25) is 5.02 Å². The molecule has 0 aliphatic heterocycles. The molecule has 0 saturated heterocycles. The Morgan fingerprint density at radius 3 is 2.67 bits per heavy atom. The summed E-state index contributed by atoms with van der Waals surface area (Å²) in [6, 6.07) is 10.3. The van der Waals surface area contributed by atoms with Crippen molar-refractivity contribution in [1.29, 1.82) is 0 Å².